The molecular formula is C25H26ClFN2O4. The van der Waals surface area contributed by atoms with E-state index in [1.54, 1.807) is 38.3 Å². The highest BCUT2D eigenvalue weighted by Gasteiger charge is 2.22. The summed E-state index contributed by atoms with van der Waals surface area (Å²) in [6.07, 6.45) is 10.4. The highest BCUT2D eigenvalue weighted by molar-refractivity contribution is 6.29. The molecule has 1 aliphatic carbocycles. The van der Waals surface area contributed by atoms with Gasteiger partial charge in [-0.3, -0.25) is 4.79 Å². The summed E-state index contributed by atoms with van der Waals surface area (Å²) >= 11 is 5.96. The van der Waals surface area contributed by atoms with Gasteiger partial charge in [0.2, 0.25) is 0 Å². The number of halogens is 2. The third-order valence-electron chi connectivity index (χ3n) is 4.95. The summed E-state index contributed by atoms with van der Waals surface area (Å²) in [4.78, 5) is 20.4. The van der Waals surface area contributed by atoms with Crippen molar-refractivity contribution in [2.24, 2.45) is 0 Å². The molecule has 3 rings (SSSR count). The number of hydrogen-bond donors (Lipinski definition) is 2. The summed E-state index contributed by atoms with van der Waals surface area (Å²) < 4.78 is 26.2. The molecule has 2 N–H and O–H groups in total. The Morgan fingerprint density at radius 1 is 1.36 bits per heavy atom. The minimum absolute atomic E-state index is 0.0429. The second-order valence-electron chi connectivity index (χ2n) is 7.34. The zero-order valence-corrected chi connectivity index (χ0v) is 19.5. The first-order valence-electron chi connectivity index (χ1n) is 10.6. The number of carbonyl (C=O) groups is 1. The summed E-state index contributed by atoms with van der Waals surface area (Å²) in [6.45, 7) is 5.61. The number of aromatic amines is 1. The van der Waals surface area contributed by atoms with Gasteiger partial charge in [-0.25, -0.2) is 9.37 Å². The van der Waals surface area contributed by atoms with Gasteiger partial charge in [0.1, 0.15) is 23.8 Å². The minimum atomic E-state index is -0.467. The van der Waals surface area contributed by atoms with Gasteiger partial charge >= 0.3 is 0 Å². The molecule has 0 aromatic carbocycles. The number of ketones is 1. The molecule has 0 amide bonds. The van der Waals surface area contributed by atoms with E-state index in [0.717, 1.165) is 0 Å². The van der Waals surface area contributed by atoms with Gasteiger partial charge in [-0.1, -0.05) is 30.7 Å². The molecule has 0 saturated heterocycles. The van der Waals surface area contributed by atoms with E-state index in [1.807, 2.05) is 6.92 Å². The molecule has 8 heteroatoms. The summed E-state index contributed by atoms with van der Waals surface area (Å²) in [5.74, 6) is -0.195. The Hall–Kier alpha value is -3.32. The topological polar surface area (TPSA) is 84.4 Å². The number of rotatable bonds is 9. The van der Waals surface area contributed by atoms with Crippen molar-refractivity contribution < 1.29 is 23.8 Å². The summed E-state index contributed by atoms with van der Waals surface area (Å²) in [7, 11) is 0. The second kappa shape index (κ2) is 11.0. The van der Waals surface area contributed by atoms with Crippen molar-refractivity contribution in [1.29, 1.82) is 0 Å². The fraction of sp³-hybridized carbons (Fsp3) is 0.280. The SMILES string of the molecule is CC/C=C(OCC1=C(F)C=C(Cl)CC=C1)\C(OCC)=C(/C)C(=O)c1c[nH]c2ncc(O)cc12. The van der Waals surface area contributed by atoms with Crippen LogP contribution in [-0.4, -0.2) is 34.1 Å². The number of Topliss-reactive ketones (excluding diaryl/α,β-unsaturated/α-hetero) is 1. The Morgan fingerprint density at radius 2 is 2.15 bits per heavy atom. The molecule has 0 fully saturated rings. The molecule has 0 saturated carbocycles. The molecule has 1 aliphatic rings. The fourth-order valence-corrected chi connectivity index (χ4v) is 3.54. The quantitative estimate of drug-likeness (QED) is 0.191. The Kier molecular flexibility index (Phi) is 8.11. The Bertz CT molecular complexity index is 1200. The van der Waals surface area contributed by atoms with Crippen molar-refractivity contribution in [2.45, 2.75) is 33.6 Å². The lowest BCUT2D eigenvalue weighted by molar-refractivity contribution is 0.101. The van der Waals surface area contributed by atoms with E-state index < -0.39 is 5.83 Å². The first-order valence-corrected chi connectivity index (χ1v) is 11.0. The lowest BCUT2D eigenvalue weighted by atomic mass is 10.0. The molecule has 0 aliphatic heterocycles. The molecular weight excluding hydrogens is 447 g/mol. The van der Waals surface area contributed by atoms with Crippen molar-refractivity contribution in [3.05, 3.63) is 81.9 Å². The van der Waals surface area contributed by atoms with E-state index in [-0.39, 0.29) is 23.9 Å². The van der Waals surface area contributed by atoms with Crippen LogP contribution in [-0.2, 0) is 9.47 Å². The van der Waals surface area contributed by atoms with Gasteiger partial charge in [0.05, 0.1) is 12.8 Å². The van der Waals surface area contributed by atoms with Crippen LogP contribution in [0.1, 0.15) is 44.0 Å². The highest BCUT2D eigenvalue weighted by atomic mass is 35.5. The largest absolute Gasteiger partial charge is 0.506 e. The normalized spacial score (nSPS) is 15.3. The number of H-pyrrole nitrogens is 1. The predicted molar refractivity (Wildman–Crippen MR) is 127 cm³/mol. The van der Waals surface area contributed by atoms with Crippen LogP contribution in [0, 0.1) is 0 Å². The number of carbonyl (C=O) groups excluding carboxylic acids is 1. The Balaban J connectivity index is 1.96. The van der Waals surface area contributed by atoms with Gasteiger partial charge in [-0.05, 0) is 38.5 Å². The van der Waals surface area contributed by atoms with E-state index in [0.29, 0.717) is 58.0 Å². The number of nitrogens with one attached hydrogen (secondary N) is 1. The lowest BCUT2D eigenvalue weighted by Gasteiger charge is -2.17. The van der Waals surface area contributed by atoms with E-state index >= 15 is 0 Å². The zero-order chi connectivity index (χ0) is 24.0. The summed E-state index contributed by atoms with van der Waals surface area (Å²) in [5, 5.41) is 10.7. The minimum Gasteiger partial charge on any atom is -0.506 e. The monoisotopic (exact) mass is 472 g/mol. The third-order valence-corrected chi connectivity index (χ3v) is 5.21. The molecule has 0 radical (unpaired) electrons. The van der Waals surface area contributed by atoms with E-state index in [2.05, 4.69) is 9.97 Å². The van der Waals surface area contributed by atoms with Gasteiger partial charge < -0.3 is 19.6 Å². The van der Waals surface area contributed by atoms with Gasteiger partial charge in [0, 0.05) is 39.7 Å². The number of allylic oxidation sites excluding steroid dienone is 6. The Labute approximate surface area is 196 Å². The molecule has 0 spiro atoms. The third kappa shape index (κ3) is 5.73. The number of nitrogens with zero attached hydrogens (tertiary/aromatic N) is 1. The average Bonchev–Trinajstić information content (AvgIpc) is 3.13. The van der Waals surface area contributed by atoms with Crippen molar-refractivity contribution >= 4 is 28.4 Å². The van der Waals surface area contributed by atoms with Gasteiger partial charge in [0.25, 0.3) is 0 Å². The summed E-state index contributed by atoms with van der Waals surface area (Å²) in [6, 6.07) is 1.48. The van der Waals surface area contributed by atoms with Gasteiger partial charge in [-0.15, -0.1) is 0 Å². The van der Waals surface area contributed by atoms with Crippen LogP contribution in [0.2, 0.25) is 0 Å². The van der Waals surface area contributed by atoms with E-state index in [1.165, 1.54) is 18.3 Å². The van der Waals surface area contributed by atoms with Crippen molar-refractivity contribution in [1.82, 2.24) is 9.97 Å². The van der Waals surface area contributed by atoms with Gasteiger partial charge in [-0.2, -0.15) is 0 Å². The number of hydrogen-bond acceptors (Lipinski definition) is 5. The van der Waals surface area contributed by atoms with Gasteiger partial charge in [0.15, 0.2) is 17.3 Å². The smallest absolute Gasteiger partial charge is 0.194 e. The van der Waals surface area contributed by atoms with Crippen LogP contribution in [0.5, 0.6) is 5.75 Å². The van der Waals surface area contributed by atoms with E-state index in [4.69, 9.17) is 21.1 Å². The number of aromatic hydroxyl groups is 1. The second-order valence-corrected chi connectivity index (χ2v) is 7.83. The molecule has 174 valence electrons. The molecule has 2 aromatic rings. The molecule has 6 nitrogen and oxygen atoms in total. The fourth-order valence-electron chi connectivity index (χ4n) is 3.35. The maximum Gasteiger partial charge on any atom is 0.194 e. The standard InChI is InChI=1S/C25H26ClFN2O4/c1-4-7-22(33-14-16-8-6-9-17(26)10-21(16)27)24(32-5-2)15(3)23(31)20-13-29-25-19(20)11-18(30)12-28-25/h6-8,10-13,30H,4-5,9,14H2,1-3H3,(H,28,29)/b22-7+,24-15-. The summed E-state index contributed by atoms with van der Waals surface area (Å²) in [5.41, 5.74) is 1.48. The van der Waals surface area contributed by atoms with Crippen molar-refractivity contribution in [2.75, 3.05) is 13.2 Å². The zero-order valence-electron chi connectivity index (χ0n) is 18.7. The maximum atomic E-state index is 14.4. The first kappa shape index (κ1) is 24.3. The molecule has 2 aromatic heterocycles. The molecule has 2 heterocycles. The highest BCUT2D eigenvalue weighted by Crippen LogP contribution is 2.28. The maximum absolute atomic E-state index is 14.4. The predicted octanol–water partition coefficient (Wildman–Crippen LogP) is 6.38. The number of aromatic nitrogens is 2. The molecule has 0 unspecified atom stereocenters. The van der Waals surface area contributed by atoms with Crippen LogP contribution in [0.4, 0.5) is 4.39 Å². The molecule has 0 atom stereocenters. The van der Waals surface area contributed by atoms with Crippen molar-refractivity contribution in [3.8, 4) is 5.75 Å². The van der Waals surface area contributed by atoms with Crippen LogP contribution < -0.4 is 0 Å². The lowest BCUT2D eigenvalue weighted by Crippen LogP contribution is -2.11. The average molecular weight is 473 g/mol. The van der Waals surface area contributed by atoms with Crippen LogP contribution in [0.25, 0.3) is 11.0 Å². The van der Waals surface area contributed by atoms with Crippen molar-refractivity contribution in [3.63, 3.8) is 0 Å². The Morgan fingerprint density at radius 3 is 2.88 bits per heavy atom. The van der Waals surface area contributed by atoms with E-state index in [9.17, 15) is 14.3 Å². The first-order chi connectivity index (χ1) is 15.8. The molecule has 33 heavy (non-hydrogen) atoms. The molecule has 0 bridgehead atoms. The number of pyridine rings is 1. The number of ether oxygens (including phenoxy) is 2. The van der Waals surface area contributed by atoms with Crippen LogP contribution in [0.3, 0.4) is 0 Å². The number of fused-ring (bicyclic) bond motifs is 1. The van der Waals surface area contributed by atoms with Crippen LogP contribution in [0.15, 0.2) is 76.3 Å². The van der Waals surface area contributed by atoms with Crippen LogP contribution >= 0.6 is 11.6 Å².